The highest BCUT2D eigenvalue weighted by Gasteiger charge is 2.10. The maximum atomic E-state index is 11.3. The van der Waals surface area contributed by atoms with E-state index in [9.17, 15) is 4.79 Å². The molecular weight excluding hydrogens is 222 g/mol. The van der Waals surface area contributed by atoms with Crippen molar-refractivity contribution in [2.24, 2.45) is 5.73 Å². The zero-order chi connectivity index (χ0) is 12.7. The molecule has 17 heavy (non-hydrogen) atoms. The van der Waals surface area contributed by atoms with Crippen molar-refractivity contribution in [2.75, 3.05) is 27.4 Å². The molecule has 0 saturated heterocycles. The van der Waals surface area contributed by atoms with E-state index in [0.717, 1.165) is 6.42 Å². The number of hydrogen-bond donors (Lipinski definition) is 1. The standard InChI is InChI=1S/C12H17NO4/c1-15-11-8-9(12(14)16-2)4-5-10(11)17-7-3-6-13/h4-5,8H,3,6-7,13H2,1-2H3. The molecule has 0 aromatic heterocycles. The maximum Gasteiger partial charge on any atom is 0.337 e. The number of methoxy groups -OCH3 is 2. The molecule has 5 heteroatoms. The van der Waals surface area contributed by atoms with E-state index in [2.05, 4.69) is 4.74 Å². The Morgan fingerprint density at radius 1 is 1.29 bits per heavy atom. The van der Waals surface area contributed by atoms with Crippen LogP contribution in [0.25, 0.3) is 0 Å². The Kier molecular flexibility index (Phi) is 5.29. The molecule has 0 unspecified atom stereocenters. The topological polar surface area (TPSA) is 70.8 Å². The summed E-state index contributed by atoms with van der Waals surface area (Å²) < 4.78 is 15.2. The zero-order valence-corrected chi connectivity index (χ0v) is 10.1. The van der Waals surface area contributed by atoms with Crippen LogP contribution in [0.1, 0.15) is 16.8 Å². The monoisotopic (exact) mass is 239 g/mol. The van der Waals surface area contributed by atoms with Crippen molar-refractivity contribution >= 4 is 5.97 Å². The van der Waals surface area contributed by atoms with Gasteiger partial charge in [-0.2, -0.15) is 0 Å². The second-order valence-corrected chi connectivity index (χ2v) is 3.35. The van der Waals surface area contributed by atoms with Crippen LogP contribution in [0.5, 0.6) is 11.5 Å². The molecule has 1 aromatic carbocycles. The van der Waals surface area contributed by atoms with E-state index in [4.69, 9.17) is 15.2 Å². The van der Waals surface area contributed by atoms with E-state index < -0.39 is 5.97 Å². The van der Waals surface area contributed by atoms with Crippen LogP contribution in [0.15, 0.2) is 18.2 Å². The number of nitrogens with two attached hydrogens (primary N) is 1. The summed E-state index contributed by atoms with van der Waals surface area (Å²) in [5, 5.41) is 0. The van der Waals surface area contributed by atoms with Gasteiger partial charge in [0.05, 0.1) is 26.4 Å². The molecule has 0 aliphatic carbocycles. The summed E-state index contributed by atoms with van der Waals surface area (Å²) in [7, 11) is 2.85. The Hall–Kier alpha value is -1.75. The summed E-state index contributed by atoms with van der Waals surface area (Å²) in [6.45, 7) is 1.09. The predicted molar refractivity (Wildman–Crippen MR) is 63.5 cm³/mol. The lowest BCUT2D eigenvalue weighted by Gasteiger charge is -2.11. The lowest BCUT2D eigenvalue weighted by atomic mass is 10.2. The van der Waals surface area contributed by atoms with Crippen LogP contribution in [-0.4, -0.2) is 33.3 Å². The molecule has 2 N–H and O–H groups in total. The van der Waals surface area contributed by atoms with Gasteiger partial charge in [-0.1, -0.05) is 0 Å². The zero-order valence-electron chi connectivity index (χ0n) is 10.1. The van der Waals surface area contributed by atoms with Crippen molar-refractivity contribution in [3.05, 3.63) is 23.8 Å². The van der Waals surface area contributed by atoms with Crippen molar-refractivity contribution in [3.8, 4) is 11.5 Å². The largest absolute Gasteiger partial charge is 0.493 e. The van der Waals surface area contributed by atoms with E-state index >= 15 is 0 Å². The van der Waals surface area contributed by atoms with Gasteiger partial charge in [0.15, 0.2) is 11.5 Å². The number of ether oxygens (including phenoxy) is 3. The summed E-state index contributed by atoms with van der Waals surface area (Å²) in [5.74, 6) is 0.690. The third-order valence-corrected chi connectivity index (χ3v) is 2.19. The Bertz CT molecular complexity index is 379. The summed E-state index contributed by atoms with van der Waals surface area (Å²) >= 11 is 0. The molecule has 94 valence electrons. The van der Waals surface area contributed by atoms with Gasteiger partial charge in [0.1, 0.15) is 0 Å². The van der Waals surface area contributed by atoms with E-state index in [1.165, 1.54) is 14.2 Å². The second kappa shape index (κ2) is 6.75. The van der Waals surface area contributed by atoms with E-state index in [1.54, 1.807) is 18.2 Å². The van der Waals surface area contributed by atoms with Gasteiger partial charge in [-0.05, 0) is 31.2 Å². The Labute approximate surface area is 100 Å². The minimum absolute atomic E-state index is 0.406. The molecule has 1 rings (SSSR count). The quantitative estimate of drug-likeness (QED) is 0.596. The van der Waals surface area contributed by atoms with Crippen LogP contribution in [0, 0.1) is 0 Å². The molecule has 0 bridgehead atoms. The average molecular weight is 239 g/mol. The Balaban J connectivity index is 2.81. The summed E-state index contributed by atoms with van der Waals surface area (Å²) in [5.41, 5.74) is 5.80. The molecule has 0 amide bonds. The third kappa shape index (κ3) is 3.64. The van der Waals surface area contributed by atoms with Gasteiger partial charge in [-0.25, -0.2) is 4.79 Å². The summed E-state index contributed by atoms with van der Waals surface area (Å²) in [6, 6.07) is 4.90. The highest BCUT2D eigenvalue weighted by Crippen LogP contribution is 2.28. The number of benzene rings is 1. The lowest BCUT2D eigenvalue weighted by molar-refractivity contribution is 0.0600. The predicted octanol–water partition coefficient (Wildman–Crippen LogP) is 1.21. The van der Waals surface area contributed by atoms with Crippen LogP contribution in [-0.2, 0) is 4.74 Å². The van der Waals surface area contributed by atoms with E-state index in [0.29, 0.717) is 30.2 Å². The average Bonchev–Trinajstić information content (AvgIpc) is 2.38. The van der Waals surface area contributed by atoms with Gasteiger partial charge in [0.2, 0.25) is 0 Å². The van der Waals surface area contributed by atoms with Crippen molar-refractivity contribution < 1.29 is 19.0 Å². The number of carbonyl (C=O) groups is 1. The highest BCUT2D eigenvalue weighted by atomic mass is 16.5. The van der Waals surface area contributed by atoms with Gasteiger partial charge in [0, 0.05) is 0 Å². The molecule has 0 atom stereocenters. The molecular formula is C12H17NO4. The molecule has 0 spiro atoms. The van der Waals surface area contributed by atoms with Crippen LogP contribution in [0.3, 0.4) is 0 Å². The molecule has 0 saturated carbocycles. The first-order chi connectivity index (χ1) is 8.22. The number of rotatable bonds is 6. The van der Waals surface area contributed by atoms with Crippen molar-refractivity contribution in [1.82, 2.24) is 0 Å². The minimum Gasteiger partial charge on any atom is -0.493 e. The molecule has 0 fully saturated rings. The first kappa shape index (κ1) is 13.3. The molecule has 5 nitrogen and oxygen atoms in total. The van der Waals surface area contributed by atoms with Crippen LogP contribution in [0.4, 0.5) is 0 Å². The Morgan fingerprint density at radius 3 is 2.65 bits per heavy atom. The SMILES string of the molecule is COC(=O)c1ccc(OCCCN)c(OC)c1. The third-order valence-electron chi connectivity index (χ3n) is 2.19. The molecule has 0 heterocycles. The van der Waals surface area contributed by atoms with Crippen LogP contribution >= 0.6 is 0 Å². The fourth-order valence-electron chi connectivity index (χ4n) is 1.30. The Morgan fingerprint density at radius 2 is 2.06 bits per heavy atom. The smallest absolute Gasteiger partial charge is 0.337 e. The first-order valence-corrected chi connectivity index (χ1v) is 5.32. The first-order valence-electron chi connectivity index (χ1n) is 5.32. The molecule has 1 aromatic rings. The molecule has 0 aliphatic heterocycles. The number of carbonyl (C=O) groups excluding carboxylic acids is 1. The van der Waals surface area contributed by atoms with Crippen molar-refractivity contribution in [1.29, 1.82) is 0 Å². The van der Waals surface area contributed by atoms with Gasteiger partial charge in [0.25, 0.3) is 0 Å². The molecule has 0 radical (unpaired) electrons. The molecule has 0 aliphatic rings. The van der Waals surface area contributed by atoms with Crippen LogP contribution in [0.2, 0.25) is 0 Å². The van der Waals surface area contributed by atoms with E-state index in [-0.39, 0.29) is 0 Å². The van der Waals surface area contributed by atoms with Crippen molar-refractivity contribution in [3.63, 3.8) is 0 Å². The maximum absolute atomic E-state index is 11.3. The fourth-order valence-corrected chi connectivity index (χ4v) is 1.30. The minimum atomic E-state index is -0.406. The van der Waals surface area contributed by atoms with Gasteiger partial charge >= 0.3 is 5.97 Å². The van der Waals surface area contributed by atoms with Crippen molar-refractivity contribution in [2.45, 2.75) is 6.42 Å². The fraction of sp³-hybridized carbons (Fsp3) is 0.417. The highest BCUT2D eigenvalue weighted by molar-refractivity contribution is 5.90. The van der Waals surface area contributed by atoms with Gasteiger partial charge in [-0.3, -0.25) is 0 Å². The lowest BCUT2D eigenvalue weighted by Crippen LogP contribution is -2.07. The van der Waals surface area contributed by atoms with Gasteiger partial charge < -0.3 is 19.9 Å². The summed E-state index contributed by atoms with van der Waals surface area (Å²) in [6.07, 6.45) is 0.766. The summed E-state index contributed by atoms with van der Waals surface area (Å²) in [4.78, 5) is 11.3. The van der Waals surface area contributed by atoms with Crippen LogP contribution < -0.4 is 15.2 Å². The van der Waals surface area contributed by atoms with Gasteiger partial charge in [-0.15, -0.1) is 0 Å². The normalized spacial score (nSPS) is 9.82. The number of hydrogen-bond acceptors (Lipinski definition) is 5. The van der Waals surface area contributed by atoms with E-state index in [1.807, 2.05) is 0 Å². The number of esters is 1. The second-order valence-electron chi connectivity index (χ2n) is 3.35.